The van der Waals surface area contributed by atoms with Crippen molar-refractivity contribution in [3.8, 4) is 0 Å². The van der Waals surface area contributed by atoms with E-state index in [9.17, 15) is 9.90 Å². The number of hydrogen-bond donors (Lipinski definition) is 2. The standard InChI is InChI=1S/C16H22N2O2/c19-14-7-9-18(11-14)8-3-5-13-10-12-4-1-2-6-15(12)16(20)17-13/h4,6,10,14,19H,1-3,5,7-9,11H2,(H,17,20). The Bertz CT molecular complexity index is 647. The van der Waals surface area contributed by atoms with E-state index in [1.165, 1.54) is 0 Å². The quantitative estimate of drug-likeness (QED) is 0.794. The Morgan fingerprint density at radius 2 is 2.20 bits per heavy atom. The predicted octanol–water partition coefficient (Wildman–Crippen LogP) is -0.271. The zero-order valence-corrected chi connectivity index (χ0v) is 11.8. The van der Waals surface area contributed by atoms with Crippen molar-refractivity contribution in [2.24, 2.45) is 0 Å². The summed E-state index contributed by atoms with van der Waals surface area (Å²) in [6.45, 7) is 2.78. The van der Waals surface area contributed by atoms with Gasteiger partial charge in [0.05, 0.1) is 6.10 Å². The highest BCUT2D eigenvalue weighted by molar-refractivity contribution is 5.37. The first-order chi connectivity index (χ1) is 9.72. The van der Waals surface area contributed by atoms with Gasteiger partial charge in [0, 0.05) is 24.0 Å². The van der Waals surface area contributed by atoms with E-state index >= 15 is 0 Å². The van der Waals surface area contributed by atoms with Gasteiger partial charge in [-0.15, -0.1) is 0 Å². The van der Waals surface area contributed by atoms with Crippen LogP contribution >= 0.6 is 0 Å². The van der Waals surface area contributed by atoms with Crippen LogP contribution in [0.2, 0.25) is 0 Å². The first kappa shape index (κ1) is 13.6. The molecule has 0 saturated carbocycles. The zero-order chi connectivity index (χ0) is 13.9. The lowest BCUT2D eigenvalue weighted by atomic mass is 10.1. The molecule has 1 aromatic rings. The van der Waals surface area contributed by atoms with Crippen molar-refractivity contribution in [2.45, 2.75) is 38.2 Å². The lowest BCUT2D eigenvalue weighted by molar-refractivity contribution is 0.176. The van der Waals surface area contributed by atoms with Crippen LogP contribution in [0.25, 0.3) is 12.2 Å². The fourth-order valence-electron chi connectivity index (χ4n) is 3.13. The summed E-state index contributed by atoms with van der Waals surface area (Å²) in [6, 6.07) is 2.12. The van der Waals surface area contributed by atoms with Crippen molar-refractivity contribution in [3.05, 3.63) is 32.6 Å². The average Bonchev–Trinajstić information content (AvgIpc) is 2.85. The normalized spacial score (nSPS) is 22.1. The number of β-amino-alcohol motifs (C(OH)–C–C–N with tert-alkyl or cyclic N) is 1. The minimum Gasteiger partial charge on any atom is -0.392 e. The Kier molecular flexibility index (Phi) is 4.03. The van der Waals surface area contributed by atoms with Gasteiger partial charge in [0.15, 0.2) is 0 Å². The fraction of sp³-hybridized carbons (Fsp3) is 0.562. The number of aromatic amines is 1. The third kappa shape index (κ3) is 3.02. The topological polar surface area (TPSA) is 56.3 Å². The molecule has 1 aliphatic carbocycles. The smallest absolute Gasteiger partial charge is 0.255 e. The summed E-state index contributed by atoms with van der Waals surface area (Å²) in [4.78, 5) is 17.3. The second-order valence-corrected chi connectivity index (χ2v) is 5.82. The van der Waals surface area contributed by atoms with Crippen molar-refractivity contribution >= 4 is 12.2 Å². The fourth-order valence-corrected chi connectivity index (χ4v) is 3.13. The van der Waals surface area contributed by atoms with Crippen LogP contribution in [0.3, 0.4) is 0 Å². The summed E-state index contributed by atoms with van der Waals surface area (Å²) in [7, 11) is 0. The van der Waals surface area contributed by atoms with Crippen LogP contribution in [-0.4, -0.2) is 40.7 Å². The summed E-state index contributed by atoms with van der Waals surface area (Å²) in [5.74, 6) is 0. The van der Waals surface area contributed by atoms with Crippen molar-refractivity contribution < 1.29 is 5.11 Å². The first-order valence-electron chi connectivity index (χ1n) is 7.55. The SMILES string of the molecule is O=c1[nH]c(CCCN2CCC(O)C2)cc2c1=CCCC=2. The van der Waals surface area contributed by atoms with Gasteiger partial charge < -0.3 is 15.0 Å². The molecule has 0 spiro atoms. The number of aryl methyl sites for hydroxylation is 1. The van der Waals surface area contributed by atoms with Crippen LogP contribution in [0, 0.1) is 0 Å². The van der Waals surface area contributed by atoms with Crippen LogP contribution in [0.15, 0.2) is 10.9 Å². The lowest BCUT2D eigenvalue weighted by Crippen LogP contribution is -2.42. The molecule has 1 unspecified atom stereocenters. The molecule has 2 aliphatic rings. The Labute approximate surface area is 118 Å². The van der Waals surface area contributed by atoms with Gasteiger partial charge in [-0.25, -0.2) is 0 Å². The number of aliphatic hydroxyl groups is 1. The number of nitrogens with one attached hydrogen (secondary N) is 1. The zero-order valence-electron chi connectivity index (χ0n) is 11.8. The summed E-state index contributed by atoms with van der Waals surface area (Å²) in [5, 5.41) is 11.4. The van der Waals surface area contributed by atoms with E-state index in [1.54, 1.807) is 0 Å². The maximum atomic E-state index is 12.0. The highest BCUT2D eigenvalue weighted by atomic mass is 16.3. The molecule has 1 aromatic heterocycles. The average molecular weight is 274 g/mol. The molecule has 4 heteroatoms. The summed E-state index contributed by atoms with van der Waals surface area (Å²) in [6.07, 6.45) is 8.83. The number of aliphatic hydroxyl groups excluding tert-OH is 1. The molecule has 108 valence electrons. The molecule has 1 fully saturated rings. The Hall–Kier alpha value is -1.39. The van der Waals surface area contributed by atoms with Crippen LogP contribution in [0.5, 0.6) is 0 Å². The van der Waals surface area contributed by atoms with Gasteiger partial charge in [0.1, 0.15) is 0 Å². The minimum atomic E-state index is -0.149. The van der Waals surface area contributed by atoms with E-state index in [0.717, 1.165) is 67.9 Å². The number of aromatic nitrogens is 1. The Morgan fingerprint density at radius 1 is 1.35 bits per heavy atom. The van der Waals surface area contributed by atoms with E-state index in [1.807, 2.05) is 6.08 Å². The number of H-pyrrole nitrogens is 1. The number of rotatable bonds is 4. The highest BCUT2D eigenvalue weighted by Crippen LogP contribution is 2.09. The molecule has 1 atom stereocenters. The third-order valence-corrected chi connectivity index (χ3v) is 4.21. The monoisotopic (exact) mass is 274 g/mol. The molecule has 0 amide bonds. The van der Waals surface area contributed by atoms with Crippen molar-refractivity contribution in [1.82, 2.24) is 9.88 Å². The Morgan fingerprint density at radius 3 is 3.00 bits per heavy atom. The first-order valence-corrected chi connectivity index (χ1v) is 7.55. The maximum Gasteiger partial charge on any atom is 0.255 e. The largest absolute Gasteiger partial charge is 0.392 e. The molecule has 1 aliphatic heterocycles. The number of nitrogens with zero attached hydrogens (tertiary/aromatic N) is 1. The lowest BCUT2D eigenvalue weighted by Gasteiger charge is -2.14. The summed E-state index contributed by atoms with van der Waals surface area (Å²) in [5.41, 5.74) is 1.07. The van der Waals surface area contributed by atoms with E-state index < -0.39 is 0 Å². The molecule has 20 heavy (non-hydrogen) atoms. The van der Waals surface area contributed by atoms with Gasteiger partial charge in [0.25, 0.3) is 5.56 Å². The minimum absolute atomic E-state index is 0.0463. The second-order valence-electron chi connectivity index (χ2n) is 5.82. The number of hydrogen-bond acceptors (Lipinski definition) is 3. The molecule has 0 radical (unpaired) electrons. The van der Waals surface area contributed by atoms with Crippen molar-refractivity contribution in [1.29, 1.82) is 0 Å². The molecule has 4 nitrogen and oxygen atoms in total. The van der Waals surface area contributed by atoms with Crippen LogP contribution < -0.4 is 16.0 Å². The maximum absolute atomic E-state index is 12.0. The second kappa shape index (κ2) is 5.94. The number of fused-ring (bicyclic) bond motifs is 1. The van der Waals surface area contributed by atoms with E-state index in [0.29, 0.717) is 0 Å². The van der Waals surface area contributed by atoms with Gasteiger partial charge >= 0.3 is 0 Å². The van der Waals surface area contributed by atoms with E-state index in [2.05, 4.69) is 22.0 Å². The van der Waals surface area contributed by atoms with E-state index in [4.69, 9.17) is 0 Å². The van der Waals surface area contributed by atoms with Crippen molar-refractivity contribution in [2.75, 3.05) is 19.6 Å². The molecule has 0 aromatic carbocycles. The molecule has 2 heterocycles. The van der Waals surface area contributed by atoms with Gasteiger partial charge in [-0.1, -0.05) is 12.2 Å². The molecule has 3 rings (SSSR count). The number of pyridine rings is 1. The molecule has 2 N–H and O–H groups in total. The molecule has 1 saturated heterocycles. The number of likely N-dealkylation sites (tertiary alicyclic amines) is 1. The molecular weight excluding hydrogens is 252 g/mol. The molecular formula is C16H22N2O2. The van der Waals surface area contributed by atoms with Gasteiger partial charge in [0.2, 0.25) is 0 Å². The summed E-state index contributed by atoms with van der Waals surface area (Å²) >= 11 is 0. The van der Waals surface area contributed by atoms with E-state index in [-0.39, 0.29) is 11.7 Å². The molecule has 0 bridgehead atoms. The highest BCUT2D eigenvalue weighted by Gasteiger charge is 2.19. The van der Waals surface area contributed by atoms with Gasteiger partial charge in [-0.05, 0) is 49.9 Å². The Balaban J connectivity index is 1.64. The third-order valence-electron chi connectivity index (χ3n) is 4.21. The van der Waals surface area contributed by atoms with Crippen LogP contribution in [0.4, 0.5) is 0 Å². The summed E-state index contributed by atoms with van der Waals surface area (Å²) < 4.78 is 0. The van der Waals surface area contributed by atoms with Gasteiger partial charge in [-0.2, -0.15) is 0 Å². The van der Waals surface area contributed by atoms with Crippen LogP contribution in [0.1, 0.15) is 31.4 Å². The van der Waals surface area contributed by atoms with Crippen molar-refractivity contribution in [3.63, 3.8) is 0 Å². The van der Waals surface area contributed by atoms with Gasteiger partial charge in [-0.3, -0.25) is 4.79 Å². The van der Waals surface area contributed by atoms with Crippen LogP contribution in [-0.2, 0) is 6.42 Å². The predicted molar refractivity (Wildman–Crippen MR) is 79.9 cm³/mol.